The van der Waals surface area contributed by atoms with Crippen LogP contribution in [0.25, 0.3) is 0 Å². The van der Waals surface area contributed by atoms with Gasteiger partial charge in [-0.25, -0.2) is 4.98 Å². The predicted octanol–water partition coefficient (Wildman–Crippen LogP) is 3.40. The quantitative estimate of drug-likeness (QED) is 0.594. The number of aromatic nitrogens is 1. The molecular weight excluding hydrogens is 378 g/mol. The summed E-state index contributed by atoms with van der Waals surface area (Å²) in [5.41, 5.74) is 5.43. The van der Waals surface area contributed by atoms with E-state index in [9.17, 15) is 14.4 Å². The maximum atomic E-state index is 13.0. The summed E-state index contributed by atoms with van der Waals surface area (Å²) >= 11 is 1.22. The van der Waals surface area contributed by atoms with Gasteiger partial charge in [-0.3, -0.25) is 14.4 Å². The van der Waals surface area contributed by atoms with Crippen LogP contribution in [0.2, 0.25) is 0 Å². The minimum absolute atomic E-state index is 0.0755. The smallest absolute Gasteiger partial charge is 0.303 e. The Labute approximate surface area is 171 Å². The number of carbonyl (C=O) groups excluding carboxylic acids is 3. The number of nitrogens with zero attached hydrogens (tertiary/aromatic N) is 2. The number of amides is 2. The molecule has 4 atom stereocenters. The van der Waals surface area contributed by atoms with Crippen molar-refractivity contribution in [2.45, 2.75) is 66.5 Å². The van der Waals surface area contributed by atoms with Gasteiger partial charge >= 0.3 is 5.97 Å². The second kappa shape index (κ2) is 10.5. The molecule has 0 radical (unpaired) electrons. The van der Waals surface area contributed by atoms with Gasteiger partial charge in [-0.15, -0.1) is 11.3 Å². The number of rotatable bonds is 10. The Kier molecular flexibility index (Phi) is 9.07. The lowest BCUT2D eigenvalue weighted by atomic mass is 9.90. The fourth-order valence-electron chi connectivity index (χ4n) is 3.13. The Hall–Kier alpha value is -1.96. The van der Waals surface area contributed by atoms with E-state index >= 15 is 0 Å². The summed E-state index contributed by atoms with van der Waals surface area (Å²) < 4.78 is 5.49. The lowest BCUT2D eigenvalue weighted by Gasteiger charge is -2.36. The Morgan fingerprint density at radius 1 is 1.25 bits per heavy atom. The van der Waals surface area contributed by atoms with E-state index in [4.69, 9.17) is 10.5 Å². The minimum Gasteiger partial charge on any atom is -0.455 e. The highest BCUT2D eigenvalue weighted by molar-refractivity contribution is 7.09. The normalized spacial score (nSPS) is 15.6. The van der Waals surface area contributed by atoms with Crippen molar-refractivity contribution in [3.8, 4) is 0 Å². The van der Waals surface area contributed by atoms with Crippen molar-refractivity contribution in [2.75, 3.05) is 7.05 Å². The Bertz CT molecular complexity index is 689. The molecule has 0 aliphatic rings. The first-order chi connectivity index (χ1) is 13.0. The van der Waals surface area contributed by atoms with Crippen LogP contribution in [-0.2, 0) is 14.3 Å². The molecule has 0 spiro atoms. The van der Waals surface area contributed by atoms with E-state index in [1.807, 2.05) is 20.8 Å². The molecule has 2 N–H and O–H groups in total. The van der Waals surface area contributed by atoms with Gasteiger partial charge in [0.25, 0.3) is 5.91 Å². The molecule has 28 heavy (non-hydrogen) atoms. The lowest BCUT2D eigenvalue weighted by Crippen LogP contribution is -2.45. The third kappa shape index (κ3) is 6.29. The third-order valence-corrected chi connectivity index (χ3v) is 6.25. The standard InChI is InChI=1S/C20H33N3O4S/c1-8-12(4)13(5)20(26)23(7)16(11(2)3)9-17(27-14(6)24)19-22-15(10-28-19)18(21)25/h10-13,16-17H,8-9H2,1-7H3,(H2,21,25)/t12-,13-,16+,17+/m0/s1. The van der Waals surface area contributed by atoms with Crippen molar-refractivity contribution in [3.05, 3.63) is 16.1 Å². The molecule has 0 aliphatic heterocycles. The highest BCUT2D eigenvalue weighted by Crippen LogP contribution is 2.31. The number of thiazole rings is 1. The second-order valence-corrected chi connectivity index (χ2v) is 8.59. The maximum Gasteiger partial charge on any atom is 0.303 e. The summed E-state index contributed by atoms with van der Waals surface area (Å²) in [6, 6.07) is -0.149. The second-order valence-electron chi connectivity index (χ2n) is 7.70. The van der Waals surface area contributed by atoms with E-state index in [1.54, 1.807) is 17.3 Å². The van der Waals surface area contributed by atoms with E-state index in [-0.39, 0.29) is 35.4 Å². The van der Waals surface area contributed by atoms with E-state index < -0.39 is 18.0 Å². The van der Waals surface area contributed by atoms with Crippen LogP contribution in [0.3, 0.4) is 0 Å². The molecule has 0 aliphatic carbocycles. The van der Waals surface area contributed by atoms with Crippen LogP contribution in [0.4, 0.5) is 0 Å². The molecule has 0 saturated carbocycles. The van der Waals surface area contributed by atoms with Crippen LogP contribution in [-0.4, -0.2) is 40.8 Å². The van der Waals surface area contributed by atoms with Crippen molar-refractivity contribution >= 4 is 29.1 Å². The first kappa shape index (κ1) is 24.1. The molecule has 0 bridgehead atoms. The van der Waals surface area contributed by atoms with Gasteiger partial charge in [0.15, 0.2) is 6.10 Å². The summed E-state index contributed by atoms with van der Waals surface area (Å²) in [6.07, 6.45) is 0.688. The molecule has 2 amide bonds. The number of nitrogens with two attached hydrogens (primary N) is 1. The summed E-state index contributed by atoms with van der Waals surface area (Å²) in [5, 5.41) is 2.06. The molecule has 0 unspecified atom stereocenters. The predicted molar refractivity (Wildman–Crippen MR) is 110 cm³/mol. The molecule has 1 aromatic heterocycles. The van der Waals surface area contributed by atoms with Crippen LogP contribution >= 0.6 is 11.3 Å². The average molecular weight is 412 g/mol. The highest BCUT2D eigenvalue weighted by atomic mass is 32.1. The molecule has 0 aromatic carbocycles. The summed E-state index contributed by atoms with van der Waals surface area (Å²) in [7, 11) is 1.80. The first-order valence-electron chi connectivity index (χ1n) is 9.68. The van der Waals surface area contributed by atoms with E-state index in [0.29, 0.717) is 11.4 Å². The monoisotopic (exact) mass is 411 g/mol. The van der Waals surface area contributed by atoms with Gasteiger partial charge in [-0.1, -0.05) is 41.0 Å². The maximum absolute atomic E-state index is 13.0. The largest absolute Gasteiger partial charge is 0.455 e. The van der Waals surface area contributed by atoms with Gasteiger partial charge in [0.2, 0.25) is 5.91 Å². The molecule has 0 saturated heterocycles. The zero-order valence-corrected chi connectivity index (χ0v) is 18.7. The van der Waals surface area contributed by atoms with Crippen LogP contribution in [0.15, 0.2) is 5.38 Å². The summed E-state index contributed by atoms with van der Waals surface area (Å²) in [4.78, 5) is 42.0. The third-order valence-electron chi connectivity index (χ3n) is 5.32. The molecule has 1 rings (SSSR count). The van der Waals surface area contributed by atoms with E-state index in [1.165, 1.54) is 18.3 Å². The fraction of sp³-hybridized carbons (Fsp3) is 0.700. The molecule has 1 heterocycles. The van der Waals surface area contributed by atoms with Gasteiger partial charge in [-0.2, -0.15) is 0 Å². The van der Waals surface area contributed by atoms with Crippen molar-refractivity contribution < 1.29 is 19.1 Å². The number of hydrogen-bond donors (Lipinski definition) is 1. The zero-order valence-electron chi connectivity index (χ0n) is 17.9. The van der Waals surface area contributed by atoms with Crippen LogP contribution in [0.1, 0.15) is 76.0 Å². The average Bonchev–Trinajstić information content (AvgIpc) is 3.12. The molecule has 0 fully saturated rings. The van der Waals surface area contributed by atoms with Crippen molar-refractivity contribution in [2.24, 2.45) is 23.5 Å². The Balaban J connectivity index is 3.10. The number of primary amides is 1. The van der Waals surface area contributed by atoms with Gasteiger partial charge < -0.3 is 15.4 Å². The van der Waals surface area contributed by atoms with Crippen LogP contribution < -0.4 is 5.73 Å². The fourth-order valence-corrected chi connectivity index (χ4v) is 3.98. The van der Waals surface area contributed by atoms with Gasteiger partial charge in [-0.05, 0) is 11.8 Å². The molecule has 1 aromatic rings. The summed E-state index contributed by atoms with van der Waals surface area (Å²) in [5.74, 6) is -0.656. The van der Waals surface area contributed by atoms with Crippen molar-refractivity contribution in [1.82, 2.24) is 9.88 Å². The minimum atomic E-state index is -0.642. The van der Waals surface area contributed by atoms with Crippen molar-refractivity contribution in [3.63, 3.8) is 0 Å². The molecule has 8 heteroatoms. The first-order valence-corrected chi connectivity index (χ1v) is 10.6. The Morgan fingerprint density at radius 2 is 1.86 bits per heavy atom. The lowest BCUT2D eigenvalue weighted by molar-refractivity contribution is -0.149. The molecular formula is C20H33N3O4S. The Morgan fingerprint density at radius 3 is 2.29 bits per heavy atom. The molecule has 158 valence electrons. The highest BCUT2D eigenvalue weighted by Gasteiger charge is 2.33. The number of hydrogen-bond acceptors (Lipinski definition) is 6. The SMILES string of the molecule is CC[C@H](C)[C@H](C)C(=O)N(C)[C@H](C[C@@H](OC(C)=O)c1nc(C(N)=O)cs1)C(C)C. The zero-order chi connectivity index (χ0) is 21.6. The van der Waals surface area contributed by atoms with Gasteiger partial charge in [0, 0.05) is 37.7 Å². The molecule has 7 nitrogen and oxygen atoms in total. The van der Waals surface area contributed by atoms with E-state index in [0.717, 1.165) is 6.42 Å². The van der Waals surface area contributed by atoms with Crippen molar-refractivity contribution in [1.29, 1.82) is 0 Å². The number of carbonyl (C=O) groups is 3. The number of esters is 1. The topological polar surface area (TPSA) is 103 Å². The summed E-state index contributed by atoms with van der Waals surface area (Å²) in [6.45, 7) is 11.5. The van der Waals surface area contributed by atoms with E-state index in [2.05, 4.69) is 18.8 Å². The van der Waals surface area contributed by atoms with Crippen LogP contribution in [0.5, 0.6) is 0 Å². The van der Waals surface area contributed by atoms with Crippen LogP contribution in [0, 0.1) is 17.8 Å². The van der Waals surface area contributed by atoms with Gasteiger partial charge in [0.05, 0.1) is 0 Å². The van der Waals surface area contributed by atoms with Gasteiger partial charge in [0.1, 0.15) is 10.7 Å². The number of ether oxygens (including phenoxy) is 1.